The highest BCUT2D eigenvalue weighted by Crippen LogP contribution is 2.25. The topological polar surface area (TPSA) is 124 Å². The molecule has 2 heterocycles. The van der Waals surface area contributed by atoms with Gasteiger partial charge in [0.15, 0.2) is 5.65 Å². The van der Waals surface area contributed by atoms with Crippen molar-refractivity contribution >= 4 is 27.2 Å². The summed E-state index contributed by atoms with van der Waals surface area (Å²) >= 11 is 0. The number of para-hydroxylation sites is 1. The van der Waals surface area contributed by atoms with Crippen LogP contribution in [-0.2, 0) is 10.0 Å². The summed E-state index contributed by atoms with van der Waals surface area (Å²) in [7, 11) is -3.74. The monoisotopic (exact) mass is 382 g/mol. The molecule has 0 saturated carbocycles. The molecule has 0 aliphatic carbocycles. The van der Waals surface area contributed by atoms with Crippen molar-refractivity contribution in [3.8, 4) is 11.6 Å². The molecule has 4 aromatic rings. The van der Waals surface area contributed by atoms with Gasteiger partial charge >= 0.3 is 0 Å². The lowest BCUT2D eigenvalue weighted by Gasteiger charge is -2.11. The molecule has 0 saturated heterocycles. The molecule has 0 fully saturated rings. The summed E-state index contributed by atoms with van der Waals surface area (Å²) < 4.78 is 30.0. The number of rotatable bonds is 5. The Bertz CT molecular complexity index is 1190. The predicted molar refractivity (Wildman–Crippen MR) is 98.4 cm³/mol. The maximum Gasteiger partial charge on any atom is 0.238 e. The van der Waals surface area contributed by atoms with Gasteiger partial charge in [-0.2, -0.15) is 9.50 Å². The number of ether oxygens (including phenoxy) is 1. The number of nitrogens with two attached hydrogens (primary N) is 1. The second-order valence-electron chi connectivity index (χ2n) is 5.59. The Morgan fingerprint density at radius 2 is 1.78 bits per heavy atom. The molecule has 9 nitrogen and oxygen atoms in total. The Morgan fingerprint density at radius 1 is 1.04 bits per heavy atom. The van der Waals surface area contributed by atoms with E-state index in [0.717, 1.165) is 0 Å². The molecule has 3 N–H and O–H groups in total. The van der Waals surface area contributed by atoms with Crippen molar-refractivity contribution in [1.82, 2.24) is 19.8 Å². The number of anilines is 2. The van der Waals surface area contributed by atoms with Crippen LogP contribution in [0.3, 0.4) is 0 Å². The van der Waals surface area contributed by atoms with E-state index in [9.17, 15) is 8.42 Å². The highest BCUT2D eigenvalue weighted by molar-refractivity contribution is 7.89. The van der Waals surface area contributed by atoms with Crippen molar-refractivity contribution in [2.24, 2.45) is 5.14 Å². The lowest BCUT2D eigenvalue weighted by molar-refractivity contribution is 0.463. The molecule has 0 bridgehead atoms. The highest BCUT2D eigenvalue weighted by Gasteiger charge is 2.11. The number of benzene rings is 2. The fourth-order valence-electron chi connectivity index (χ4n) is 2.43. The maximum atomic E-state index is 11.4. The molecule has 10 heteroatoms. The number of hydrogen-bond donors (Lipinski definition) is 2. The largest absolute Gasteiger partial charge is 0.439 e. The summed E-state index contributed by atoms with van der Waals surface area (Å²) in [5, 5.41) is 16.1. The van der Waals surface area contributed by atoms with E-state index in [-0.39, 0.29) is 4.90 Å². The molecular weight excluding hydrogens is 368 g/mol. The molecule has 0 radical (unpaired) electrons. The lowest BCUT2D eigenvalue weighted by atomic mass is 10.3. The minimum atomic E-state index is -3.74. The van der Waals surface area contributed by atoms with Crippen LogP contribution >= 0.6 is 0 Å². The van der Waals surface area contributed by atoms with E-state index in [0.29, 0.717) is 28.8 Å². The van der Waals surface area contributed by atoms with E-state index in [1.807, 2.05) is 30.3 Å². The minimum Gasteiger partial charge on any atom is -0.439 e. The zero-order valence-electron chi connectivity index (χ0n) is 13.9. The Morgan fingerprint density at radius 3 is 2.48 bits per heavy atom. The summed E-state index contributed by atoms with van der Waals surface area (Å²) in [5.41, 5.74) is 1.13. The van der Waals surface area contributed by atoms with E-state index in [2.05, 4.69) is 20.6 Å². The number of hydrogen-bond acceptors (Lipinski definition) is 7. The van der Waals surface area contributed by atoms with E-state index in [1.165, 1.54) is 22.8 Å². The third-order valence-corrected chi connectivity index (χ3v) is 4.59. The summed E-state index contributed by atoms with van der Waals surface area (Å²) in [6.45, 7) is 0. The van der Waals surface area contributed by atoms with Gasteiger partial charge in [0.25, 0.3) is 0 Å². The van der Waals surface area contributed by atoms with Crippen LogP contribution in [0.15, 0.2) is 71.8 Å². The van der Waals surface area contributed by atoms with Gasteiger partial charge < -0.3 is 10.1 Å². The van der Waals surface area contributed by atoms with Crippen molar-refractivity contribution in [2.75, 3.05) is 5.32 Å². The second kappa shape index (κ2) is 6.67. The van der Waals surface area contributed by atoms with Crippen LogP contribution in [-0.4, -0.2) is 28.2 Å². The third-order valence-electron chi connectivity index (χ3n) is 3.67. The molecule has 0 aliphatic heterocycles. The predicted octanol–water partition coefficient (Wildman–Crippen LogP) is 2.31. The molecule has 2 aromatic carbocycles. The van der Waals surface area contributed by atoms with Crippen molar-refractivity contribution in [3.05, 3.63) is 66.9 Å². The number of aromatic nitrogens is 4. The first-order chi connectivity index (χ1) is 13.0. The van der Waals surface area contributed by atoms with Crippen molar-refractivity contribution in [3.63, 3.8) is 0 Å². The number of nitrogens with zero attached hydrogens (tertiary/aromatic N) is 4. The van der Waals surface area contributed by atoms with Gasteiger partial charge in [-0.1, -0.05) is 23.4 Å². The fraction of sp³-hybridized carbons (Fsp3) is 0. The van der Waals surface area contributed by atoms with Gasteiger partial charge in [-0.3, -0.25) is 0 Å². The molecular formula is C17H14N6O3S. The molecule has 27 heavy (non-hydrogen) atoms. The standard InChI is InChI=1S/C17H14N6O3S/c18-27(24,25)14-8-6-12(7-9-14)20-15-10-17(21-16-11-19-22-23(15)16)26-13-4-2-1-3-5-13/h1-11,20H,(H2,18,24,25). The highest BCUT2D eigenvalue weighted by atomic mass is 32.2. The normalized spacial score (nSPS) is 11.4. The quantitative estimate of drug-likeness (QED) is 0.542. The zero-order chi connectivity index (χ0) is 18.9. The molecule has 0 atom stereocenters. The van der Waals surface area contributed by atoms with Crippen molar-refractivity contribution < 1.29 is 13.2 Å². The average molecular weight is 382 g/mol. The number of primary sulfonamides is 1. The summed E-state index contributed by atoms with van der Waals surface area (Å²) in [6, 6.07) is 16.9. The van der Waals surface area contributed by atoms with Crippen LogP contribution in [0.4, 0.5) is 11.5 Å². The first-order valence-corrected chi connectivity index (χ1v) is 9.38. The van der Waals surface area contributed by atoms with E-state index < -0.39 is 10.0 Å². The SMILES string of the molecule is NS(=O)(=O)c1ccc(Nc2cc(Oc3ccccc3)nc3cnnn23)cc1. The van der Waals surface area contributed by atoms with E-state index in [1.54, 1.807) is 18.2 Å². The first-order valence-electron chi connectivity index (χ1n) is 7.83. The molecule has 4 rings (SSSR count). The number of nitrogens with one attached hydrogen (secondary N) is 1. The first kappa shape index (κ1) is 16.9. The van der Waals surface area contributed by atoms with Crippen molar-refractivity contribution in [1.29, 1.82) is 0 Å². The molecule has 2 aromatic heterocycles. The fourth-order valence-corrected chi connectivity index (χ4v) is 2.94. The van der Waals surface area contributed by atoms with Gasteiger partial charge in [0, 0.05) is 11.8 Å². The molecule has 0 spiro atoms. The van der Waals surface area contributed by atoms with Crippen LogP contribution < -0.4 is 15.2 Å². The summed E-state index contributed by atoms with van der Waals surface area (Å²) in [5.74, 6) is 1.55. The summed E-state index contributed by atoms with van der Waals surface area (Å²) in [4.78, 5) is 4.39. The van der Waals surface area contributed by atoms with E-state index in [4.69, 9.17) is 9.88 Å². The average Bonchev–Trinajstić information content (AvgIpc) is 3.11. The third kappa shape index (κ3) is 3.71. The second-order valence-corrected chi connectivity index (χ2v) is 7.15. The van der Waals surface area contributed by atoms with Crippen LogP contribution in [0.1, 0.15) is 0 Å². The van der Waals surface area contributed by atoms with Gasteiger partial charge in [-0.25, -0.2) is 13.6 Å². The van der Waals surface area contributed by atoms with Gasteiger partial charge in [0.2, 0.25) is 15.9 Å². The van der Waals surface area contributed by atoms with Gasteiger partial charge in [-0.15, -0.1) is 5.10 Å². The van der Waals surface area contributed by atoms with Gasteiger partial charge in [0.1, 0.15) is 11.6 Å². The van der Waals surface area contributed by atoms with Crippen LogP contribution in [0.25, 0.3) is 5.65 Å². The Hall–Kier alpha value is -3.50. The molecule has 0 amide bonds. The molecule has 0 aliphatic rings. The lowest BCUT2D eigenvalue weighted by Crippen LogP contribution is -2.11. The van der Waals surface area contributed by atoms with Gasteiger partial charge in [0.05, 0.1) is 11.1 Å². The Labute approximate surface area is 154 Å². The van der Waals surface area contributed by atoms with Crippen molar-refractivity contribution in [2.45, 2.75) is 4.90 Å². The van der Waals surface area contributed by atoms with Crippen LogP contribution in [0.5, 0.6) is 11.6 Å². The van der Waals surface area contributed by atoms with Crippen LogP contribution in [0.2, 0.25) is 0 Å². The molecule has 136 valence electrons. The maximum absolute atomic E-state index is 11.4. The van der Waals surface area contributed by atoms with Gasteiger partial charge in [-0.05, 0) is 36.4 Å². The van der Waals surface area contributed by atoms with E-state index >= 15 is 0 Å². The zero-order valence-corrected chi connectivity index (χ0v) is 14.7. The molecule has 0 unspecified atom stereocenters. The number of sulfonamides is 1. The Balaban J connectivity index is 1.67. The summed E-state index contributed by atoms with van der Waals surface area (Å²) in [6.07, 6.45) is 1.51. The Kier molecular flexibility index (Phi) is 4.18. The minimum absolute atomic E-state index is 0.0294. The number of fused-ring (bicyclic) bond motifs is 1. The smallest absolute Gasteiger partial charge is 0.238 e. The van der Waals surface area contributed by atoms with Crippen LogP contribution in [0, 0.1) is 0 Å².